The minimum atomic E-state index is -0.847. The molecule has 3 nitrogen and oxygen atoms in total. The summed E-state index contributed by atoms with van der Waals surface area (Å²) in [4.78, 5) is 5.62. The molecule has 0 spiro atoms. The van der Waals surface area contributed by atoms with Crippen molar-refractivity contribution >= 4 is 28.9 Å². The Bertz CT molecular complexity index is 475. The lowest BCUT2D eigenvalue weighted by atomic mass is 10.1. The van der Waals surface area contributed by atoms with Gasteiger partial charge in [0.25, 0.3) is 0 Å². The van der Waals surface area contributed by atoms with Gasteiger partial charge in [-0.15, -0.1) is 12.4 Å². The van der Waals surface area contributed by atoms with E-state index in [1.807, 2.05) is 7.05 Å². The van der Waals surface area contributed by atoms with Gasteiger partial charge in [0.15, 0.2) is 0 Å². The van der Waals surface area contributed by atoms with Gasteiger partial charge in [0, 0.05) is 13.6 Å². The molecule has 0 saturated carbocycles. The number of halogens is 1. The fourth-order valence-electron chi connectivity index (χ4n) is 2.78. The number of anilines is 1. The van der Waals surface area contributed by atoms with Gasteiger partial charge in [0.2, 0.25) is 0 Å². The van der Waals surface area contributed by atoms with E-state index < -0.39 is 10.8 Å². The molecule has 0 amide bonds. The lowest BCUT2D eigenvalue weighted by molar-refractivity contribution is 0.278. The van der Waals surface area contributed by atoms with E-state index >= 15 is 0 Å². The molecule has 21 heavy (non-hydrogen) atoms. The molecule has 0 fully saturated rings. The number of fused-ring (bicyclic) bond motifs is 1. The van der Waals surface area contributed by atoms with Crippen molar-refractivity contribution < 1.29 is 4.21 Å². The van der Waals surface area contributed by atoms with E-state index in [0.29, 0.717) is 5.88 Å². The van der Waals surface area contributed by atoms with Crippen molar-refractivity contribution in [1.29, 1.82) is 0 Å². The van der Waals surface area contributed by atoms with E-state index in [1.165, 1.54) is 31.5 Å². The van der Waals surface area contributed by atoms with Crippen molar-refractivity contribution in [3.63, 3.8) is 0 Å². The fourth-order valence-corrected chi connectivity index (χ4v) is 4.15. The van der Waals surface area contributed by atoms with Crippen LogP contribution in [0.2, 0.25) is 0 Å². The Balaban J connectivity index is 0.00000220. The lowest BCUT2D eigenvalue weighted by Gasteiger charge is -2.21. The molecule has 0 aromatic heterocycles. The van der Waals surface area contributed by atoms with Crippen LogP contribution in [0.25, 0.3) is 0 Å². The van der Waals surface area contributed by atoms with Crippen molar-refractivity contribution in [2.45, 2.75) is 38.0 Å². The minimum Gasteiger partial charge on any atom is -0.361 e. The van der Waals surface area contributed by atoms with E-state index in [4.69, 9.17) is 0 Å². The third-order valence-corrected chi connectivity index (χ3v) is 5.23. The average molecular weight is 331 g/mol. The Kier molecular flexibility index (Phi) is 7.71. The van der Waals surface area contributed by atoms with E-state index in [1.54, 1.807) is 0 Å². The van der Waals surface area contributed by atoms with E-state index in [0.717, 1.165) is 23.5 Å². The molecule has 0 aliphatic carbocycles. The molecule has 1 unspecified atom stereocenters. The number of nitrogens with zero attached hydrogens (tertiary/aromatic N) is 2. The van der Waals surface area contributed by atoms with Crippen molar-refractivity contribution in [1.82, 2.24) is 4.90 Å². The second kappa shape index (κ2) is 8.76. The van der Waals surface area contributed by atoms with Gasteiger partial charge in [-0.25, -0.2) is 0 Å². The summed E-state index contributed by atoms with van der Waals surface area (Å²) >= 11 is 0. The molecule has 1 atom stereocenters. The predicted molar refractivity (Wildman–Crippen MR) is 94.1 cm³/mol. The van der Waals surface area contributed by atoms with Crippen molar-refractivity contribution in [2.24, 2.45) is 0 Å². The summed E-state index contributed by atoms with van der Waals surface area (Å²) < 4.78 is 12.0. The van der Waals surface area contributed by atoms with Crippen LogP contribution in [-0.4, -0.2) is 41.7 Å². The molecular formula is C16H27ClN2OS. The van der Waals surface area contributed by atoms with Crippen molar-refractivity contribution in [3.8, 4) is 0 Å². The first kappa shape index (κ1) is 18.5. The van der Waals surface area contributed by atoms with Crippen molar-refractivity contribution in [2.75, 3.05) is 37.5 Å². The maximum atomic E-state index is 12.0. The predicted octanol–water partition coefficient (Wildman–Crippen LogP) is 3.29. The number of benzene rings is 1. The van der Waals surface area contributed by atoms with Crippen LogP contribution < -0.4 is 4.90 Å². The number of rotatable bonds is 7. The molecular weight excluding hydrogens is 304 g/mol. The molecule has 0 radical (unpaired) electrons. The summed E-state index contributed by atoms with van der Waals surface area (Å²) in [6.07, 6.45) is 3.46. The highest BCUT2D eigenvalue weighted by atomic mass is 35.5. The third-order valence-electron chi connectivity index (χ3n) is 3.79. The summed E-state index contributed by atoms with van der Waals surface area (Å²) in [7, 11) is 1.16. The quantitative estimate of drug-likeness (QED) is 0.766. The lowest BCUT2D eigenvalue weighted by Crippen LogP contribution is -2.27. The Morgan fingerprint density at radius 2 is 1.86 bits per heavy atom. The normalized spacial score (nSPS) is 17.0. The van der Waals surface area contributed by atoms with E-state index in [-0.39, 0.29) is 12.4 Å². The zero-order chi connectivity index (χ0) is 14.5. The molecule has 0 N–H and O–H groups in total. The molecule has 1 aliphatic rings. The van der Waals surface area contributed by atoms with Gasteiger partial charge in [0.05, 0.1) is 27.3 Å². The first-order valence-corrected chi connectivity index (χ1v) is 8.92. The maximum absolute atomic E-state index is 12.0. The minimum absolute atomic E-state index is 0. The molecule has 1 aromatic carbocycles. The maximum Gasteiger partial charge on any atom is 0.0982 e. The largest absolute Gasteiger partial charge is 0.361 e. The van der Waals surface area contributed by atoms with Crippen molar-refractivity contribution in [3.05, 3.63) is 23.8 Å². The molecule has 2 rings (SSSR count). The monoisotopic (exact) mass is 330 g/mol. The molecule has 1 aliphatic heterocycles. The highest BCUT2D eigenvalue weighted by Crippen LogP contribution is 2.30. The molecule has 5 heteroatoms. The number of hydrogen-bond acceptors (Lipinski definition) is 3. The first-order valence-electron chi connectivity index (χ1n) is 7.60. The average Bonchev–Trinajstić information content (AvgIpc) is 2.72. The van der Waals surface area contributed by atoms with E-state index in [9.17, 15) is 4.21 Å². The molecule has 120 valence electrons. The Morgan fingerprint density at radius 3 is 2.48 bits per heavy atom. The fraction of sp³-hybridized carbons (Fsp3) is 0.625. The SMILES string of the molecule is CCCN(CCC)CCc1ccc2c(c1)S(=O)CN2C.Cl. The summed E-state index contributed by atoms with van der Waals surface area (Å²) in [5, 5.41) is 0. The van der Waals surface area contributed by atoms with Crippen LogP contribution >= 0.6 is 12.4 Å². The first-order chi connectivity index (χ1) is 9.65. The van der Waals surface area contributed by atoms with Crippen LogP contribution in [0.5, 0.6) is 0 Å². The summed E-state index contributed by atoms with van der Waals surface area (Å²) in [5.74, 6) is 0.635. The van der Waals surface area contributed by atoms with Gasteiger partial charge in [0.1, 0.15) is 0 Å². The number of hydrogen-bond donors (Lipinski definition) is 0. The van der Waals surface area contributed by atoms with Crippen LogP contribution in [0.4, 0.5) is 5.69 Å². The second-order valence-corrected chi connectivity index (χ2v) is 6.96. The molecule has 1 heterocycles. The zero-order valence-electron chi connectivity index (χ0n) is 13.3. The Morgan fingerprint density at radius 1 is 1.19 bits per heavy atom. The summed E-state index contributed by atoms with van der Waals surface area (Å²) in [5.41, 5.74) is 2.44. The Hall–Kier alpha value is -0.580. The summed E-state index contributed by atoms with van der Waals surface area (Å²) in [6, 6.07) is 6.46. The van der Waals surface area contributed by atoms with Gasteiger partial charge in [-0.05, 0) is 50.0 Å². The standard InChI is InChI=1S/C16H26N2OS.ClH/c1-4-9-18(10-5-2)11-8-14-6-7-15-16(12-14)20(19)13-17(15)3;/h6-7,12H,4-5,8-11,13H2,1-3H3;1H. The van der Waals surface area contributed by atoms with E-state index in [2.05, 4.69) is 41.8 Å². The van der Waals surface area contributed by atoms with Crippen LogP contribution in [0.1, 0.15) is 32.3 Å². The van der Waals surface area contributed by atoms with Gasteiger partial charge < -0.3 is 9.80 Å². The smallest absolute Gasteiger partial charge is 0.0982 e. The summed E-state index contributed by atoms with van der Waals surface area (Å²) in [6.45, 7) is 7.91. The molecule has 1 aromatic rings. The second-order valence-electron chi connectivity index (χ2n) is 5.57. The highest BCUT2D eigenvalue weighted by Gasteiger charge is 2.22. The van der Waals surface area contributed by atoms with Crippen LogP contribution in [0.15, 0.2) is 23.1 Å². The van der Waals surface area contributed by atoms with Gasteiger partial charge in [-0.1, -0.05) is 19.9 Å². The van der Waals surface area contributed by atoms with Crippen LogP contribution in [0, 0.1) is 0 Å². The molecule has 0 saturated heterocycles. The van der Waals surface area contributed by atoms with Gasteiger partial charge in [-0.2, -0.15) is 0 Å². The van der Waals surface area contributed by atoms with Gasteiger partial charge in [-0.3, -0.25) is 4.21 Å². The van der Waals surface area contributed by atoms with Crippen LogP contribution in [0.3, 0.4) is 0 Å². The zero-order valence-corrected chi connectivity index (χ0v) is 14.9. The molecule has 0 bridgehead atoms. The van der Waals surface area contributed by atoms with Gasteiger partial charge >= 0.3 is 0 Å². The highest BCUT2D eigenvalue weighted by molar-refractivity contribution is 7.85. The van der Waals surface area contributed by atoms with Crippen LogP contribution in [-0.2, 0) is 17.2 Å². The topological polar surface area (TPSA) is 23.6 Å². The third kappa shape index (κ3) is 4.70. The Labute approximate surface area is 137 Å².